The Balaban J connectivity index is 1.95. The number of nitrogens with one attached hydrogen (secondary N) is 1. The van der Waals surface area contributed by atoms with Gasteiger partial charge in [-0.15, -0.1) is 0 Å². The van der Waals surface area contributed by atoms with Gasteiger partial charge >= 0.3 is 0 Å². The van der Waals surface area contributed by atoms with Crippen LogP contribution in [0.25, 0.3) is 0 Å². The Bertz CT molecular complexity index is 793. The number of pyridine rings is 1. The molecule has 0 saturated heterocycles. The second kappa shape index (κ2) is 7.30. The minimum absolute atomic E-state index is 0.240. The van der Waals surface area contributed by atoms with Gasteiger partial charge in [0.25, 0.3) is 15.0 Å². The molecule has 1 aromatic heterocycles. The van der Waals surface area contributed by atoms with Gasteiger partial charge in [0.1, 0.15) is 0 Å². The third-order valence-electron chi connectivity index (χ3n) is 2.70. The number of benzene rings is 1. The van der Waals surface area contributed by atoms with E-state index < -0.39 is 15.0 Å². The molecule has 9 heteroatoms. The van der Waals surface area contributed by atoms with Gasteiger partial charge in [0.15, 0.2) is 23.1 Å². The lowest BCUT2D eigenvalue weighted by atomic mass is 10.3. The Kier molecular flexibility index (Phi) is 5.41. The second-order valence-corrected chi connectivity index (χ2v) is 6.82. The molecule has 23 heavy (non-hydrogen) atoms. The quantitative estimate of drug-likeness (QED) is 0.796. The van der Waals surface area contributed by atoms with Crippen LogP contribution in [0.15, 0.2) is 47.6 Å². The van der Waals surface area contributed by atoms with Crippen LogP contribution in [0, 0.1) is 0 Å². The smallest absolute Gasteiger partial charge is 0.278 e. The van der Waals surface area contributed by atoms with Crippen LogP contribution in [0.5, 0.6) is 11.5 Å². The van der Waals surface area contributed by atoms with E-state index in [2.05, 4.69) is 10.3 Å². The van der Waals surface area contributed by atoms with Crippen LogP contribution >= 0.6 is 10.7 Å². The summed E-state index contributed by atoms with van der Waals surface area (Å²) >= 11 is 0. The molecule has 1 aromatic carbocycles. The number of para-hydroxylation sites is 2. The third kappa shape index (κ3) is 4.83. The number of ether oxygens (including phenoxy) is 2. The average Bonchev–Trinajstić information content (AvgIpc) is 2.53. The fraction of sp³-hybridized carbons (Fsp3) is 0.143. The summed E-state index contributed by atoms with van der Waals surface area (Å²) < 4.78 is 32.6. The summed E-state index contributed by atoms with van der Waals surface area (Å²) in [5, 5.41) is 2.23. The summed E-state index contributed by atoms with van der Waals surface area (Å²) in [7, 11) is 2.76. The maximum atomic E-state index is 11.8. The summed E-state index contributed by atoms with van der Waals surface area (Å²) in [5.74, 6) is 0.518. The average molecular weight is 357 g/mol. The SMILES string of the molecule is COc1ccccc1OCC(=O)Nc1ccc(S(=O)(=O)Cl)nc1. The van der Waals surface area contributed by atoms with Crippen LogP contribution in [0.1, 0.15) is 0 Å². The number of amides is 1. The molecule has 1 heterocycles. The van der Waals surface area contributed by atoms with Crippen molar-refractivity contribution in [3.05, 3.63) is 42.6 Å². The molecule has 7 nitrogen and oxygen atoms in total. The van der Waals surface area contributed by atoms with Gasteiger partial charge in [-0.05, 0) is 24.3 Å². The number of anilines is 1. The van der Waals surface area contributed by atoms with Crippen LogP contribution < -0.4 is 14.8 Å². The number of rotatable bonds is 6. The third-order valence-corrected chi connectivity index (χ3v) is 3.91. The van der Waals surface area contributed by atoms with Gasteiger partial charge in [0.2, 0.25) is 0 Å². The van der Waals surface area contributed by atoms with E-state index in [0.29, 0.717) is 17.2 Å². The molecule has 2 rings (SSSR count). The van der Waals surface area contributed by atoms with Crippen molar-refractivity contribution in [2.45, 2.75) is 5.03 Å². The largest absolute Gasteiger partial charge is 0.493 e. The van der Waals surface area contributed by atoms with Crippen LogP contribution in [0.2, 0.25) is 0 Å². The number of hydrogen-bond acceptors (Lipinski definition) is 6. The molecule has 0 saturated carbocycles. The summed E-state index contributed by atoms with van der Waals surface area (Å²) in [5.41, 5.74) is 0.322. The summed E-state index contributed by atoms with van der Waals surface area (Å²) in [4.78, 5) is 15.5. The predicted octanol–water partition coefficient (Wildman–Crippen LogP) is 2.04. The van der Waals surface area contributed by atoms with Crippen molar-refractivity contribution in [3.8, 4) is 11.5 Å². The van der Waals surface area contributed by atoms with E-state index in [1.165, 1.54) is 25.4 Å². The highest BCUT2D eigenvalue weighted by molar-refractivity contribution is 8.13. The maximum Gasteiger partial charge on any atom is 0.278 e. The Morgan fingerprint density at radius 1 is 1.22 bits per heavy atom. The number of nitrogens with zero attached hydrogens (tertiary/aromatic N) is 1. The van der Waals surface area contributed by atoms with E-state index >= 15 is 0 Å². The molecule has 0 fully saturated rings. The van der Waals surface area contributed by atoms with Gasteiger partial charge in [-0.2, -0.15) is 0 Å². The van der Waals surface area contributed by atoms with Crippen molar-refractivity contribution in [1.29, 1.82) is 0 Å². The first-order chi connectivity index (χ1) is 10.9. The van der Waals surface area contributed by atoms with Crippen molar-refractivity contribution in [2.75, 3.05) is 19.0 Å². The Morgan fingerprint density at radius 2 is 1.91 bits per heavy atom. The highest BCUT2D eigenvalue weighted by Crippen LogP contribution is 2.25. The van der Waals surface area contributed by atoms with Gasteiger partial charge in [0, 0.05) is 10.7 Å². The monoisotopic (exact) mass is 356 g/mol. The zero-order valence-corrected chi connectivity index (χ0v) is 13.6. The molecule has 0 unspecified atom stereocenters. The second-order valence-electron chi connectivity index (χ2n) is 4.31. The molecule has 0 bridgehead atoms. The first kappa shape index (κ1) is 17.0. The zero-order valence-electron chi connectivity index (χ0n) is 12.0. The van der Waals surface area contributed by atoms with Crippen molar-refractivity contribution in [1.82, 2.24) is 4.98 Å². The fourth-order valence-electron chi connectivity index (χ4n) is 1.68. The van der Waals surface area contributed by atoms with E-state index in [1.807, 2.05) is 0 Å². The van der Waals surface area contributed by atoms with Crippen LogP contribution in [0.3, 0.4) is 0 Å². The zero-order chi connectivity index (χ0) is 16.9. The lowest BCUT2D eigenvalue weighted by molar-refractivity contribution is -0.118. The lowest BCUT2D eigenvalue weighted by Crippen LogP contribution is -2.20. The van der Waals surface area contributed by atoms with Gasteiger partial charge in [0.05, 0.1) is 19.0 Å². The van der Waals surface area contributed by atoms with E-state index in [0.717, 1.165) is 0 Å². The van der Waals surface area contributed by atoms with E-state index in [1.54, 1.807) is 24.3 Å². The summed E-state index contributed by atoms with van der Waals surface area (Å²) in [6, 6.07) is 9.49. The minimum atomic E-state index is -3.89. The molecule has 122 valence electrons. The van der Waals surface area contributed by atoms with E-state index in [-0.39, 0.29) is 11.6 Å². The maximum absolute atomic E-state index is 11.8. The normalized spacial score (nSPS) is 10.9. The lowest BCUT2D eigenvalue weighted by Gasteiger charge is -2.10. The number of carbonyl (C=O) groups excluding carboxylic acids is 1. The van der Waals surface area contributed by atoms with E-state index in [9.17, 15) is 13.2 Å². The van der Waals surface area contributed by atoms with Crippen molar-refractivity contribution in [3.63, 3.8) is 0 Å². The molecule has 0 atom stereocenters. The van der Waals surface area contributed by atoms with Gasteiger partial charge in [-0.1, -0.05) is 12.1 Å². The van der Waals surface area contributed by atoms with E-state index in [4.69, 9.17) is 20.2 Å². The molecular weight excluding hydrogens is 344 g/mol. The van der Waals surface area contributed by atoms with Crippen LogP contribution in [-0.4, -0.2) is 33.0 Å². The topological polar surface area (TPSA) is 94.6 Å². The fourth-order valence-corrected chi connectivity index (χ4v) is 2.36. The molecule has 2 aromatic rings. The predicted molar refractivity (Wildman–Crippen MR) is 84.4 cm³/mol. The van der Waals surface area contributed by atoms with Crippen LogP contribution in [-0.2, 0) is 13.8 Å². The number of carbonyl (C=O) groups is 1. The molecule has 0 aliphatic carbocycles. The molecule has 1 N–H and O–H groups in total. The Morgan fingerprint density at radius 3 is 2.48 bits per heavy atom. The molecule has 0 spiro atoms. The van der Waals surface area contributed by atoms with Crippen molar-refractivity contribution in [2.24, 2.45) is 0 Å². The Labute approximate surface area is 137 Å². The van der Waals surface area contributed by atoms with Gasteiger partial charge in [-0.3, -0.25) is 4.79 Å². The number of halogens is 1. The number of hydrogen-bond donors (Lipinski definition) is 1. The Hall–Kier alpha value is -2.32. The molecule has 1 amide bonds. The molecule has 0 aliphatic heterocycles. The summed E-state index contributed by atoms with van der Waals surface area (Å²) in [6.07, 6.45) is 1.19. The highest BCUT2D eigenvalue weighted by Gasteiger charge is 2.12. The first-order valence-electron chi connectivity index (χ1n) is 6.36. The number of methoxy groups -OCH3 is 1. The van der Waals surface area contributed by atoms with Crippen molar-refractivity contribution < 1.29 is 22.7 Å². The standard InChI is InChI=1S/C14H13ClN2O5S/c1-21-11-4-2-3-5-12(11)22-9-13(18)17-10-6-7-14(16-8-10)23(15,19)20/h2-8H,9H2,1H3,(H,17,18). The molecule has 0 aliphatic rings. The van der Waals surface area contributed by atoms with Crippen LogP contribution in [0.4, 0.5) is 5.69 Å². The summed E-state index contributed by atoms with van der Waals surface area (Å²) in [6.45, 7) is -0.240. The van der Waals surface area contributed by atoms with Crippen molar-refractivity contribution >= 4 is 31.3 Å². The number of aromatic nitrogens is 1. The van der Waals surface area contributed by atoms with Gasteiger partial charge in [-0.25, -0.2) is 13.4 Å². The minimum Gasteiger partial charge on any atom is -0.493 e. The first-order valence-corrected chi connectivity index (χ1v) is 8.67. The highest BCUT2D eigenvalue weighted by atomic mass is 35.7. The van der Waals surface area contributed by atoms with Gasteiger partial charge < -0.3 is 14.8 Å². The molecule has 0 radical (unpaired) electrons. The molecular formula is C14H13ClN2O5S.